The van der Waals surface area contributed by atoms with E-state index in [-0.39, 0.29) is 0 Å². The number of hydrogen-bond donors (Lipinski definition) is 1. The average Bonchev–Trinajstić information content (AvgIpc) is 2.39. The molecule has 108 valence electrons. The molecule has 1 nitrogen and oxygen atoms in total. The summed E-state index contributed by atoms with van der Waals surface area (Å²) in [5.41, 5.74) is 2.82. The van der Waals surface area contributed by atoms with Gasteiger partial charge >= 0.3 is 0 Å². The van der Waals surface area contributed by atoms with E-state index in [1.807, 2.05) is 0 Å². The van der Waals surface area contributed by atoms with Crippen LogP contribution in [0.25, 0.3) is 0 Å². The van der Waals surface area contributed by atoms with E-state index >= 15 is 0 Å². The molecule has 2 unspecified atom stereocenters. The van der Waals surface area contributed by atoms with E-state index in [9.17, 15) is 0 Å². The van der Waals surface area contributed by atoms with Gasteiger partial charge in [0.15, 0.2) is 0 Å². The zero-order valence-corrected chi connectivity index (χ0v) is 13.2. The summed E-state index contributed by atoms with van der Waals surface area (Å²) in [5.74, 6) is 0. The van der Waals surface area contributed by atoms with Crippen molar-refractivity contribution in [2.45, 2.75) is 78.3 Å². The molecule has 0 saturated heterocycles. The van der Waals surface area contributed by atoms with Crippen LogP contribution in [0.2, 0.25) is 0 Å². The minimum atomic E-state index is 0.451. The van der Waals surface area contributed by atoms with Gasteiger partial charge < -0.3 is 5.32 Å². The lowest BCUT2D eigenvalue weighted by atomic mass is 10.0. The zero-order chi connectivity index (χ0) is 14.1. The lowest BCUT2D eigenvalue weighted by molar-refractivity contribution is 0.436. The van der Waals surface area contributed by atoms with Crippen LogP contribution in [0.15, 0.2) is 24.3 Å². The standard InChI is InChI=1S/C18H31N/c1-5-6-7-8-9-13-16(3)19-17(4)18-14-11-10-12-15(18)2/h10-12,14,16-17,19H,5-9,13H2,1-4H3. The molecule has 1 rings (SSSR count). The molecule has 2 atom stereocenters. The van der Waals surface area contributed by atoms with Crippen molar-refractivity contribution < 1.29 is 0 Å². The minimum Gasteiger partial charge on any atom is -0.308 e. The summed E-state index contributed by atoms with van der Waals surface area (Å²) in [5, 5.41) is 3.73. The summed E-state index contributed by atoms with van der Waals surface area (Å²) in [6.45, 7) is 9.06. The number of rotatable bonds is 9. The van der Waals surface area contributed by atoms with Gasteiger partial charge in [0, 0.05) is 12.1 Å². The SMILES string of the molecule is CCCCCCCC(C)NC(C)c1ccccc1C. The molecule has 1 aromatic rings. The van der Waals surface area contributed by atoms with Crippen LogP contribution in [0, 0.1) is 6.92 Å². The Morgan fingerprint density at radius 1 is 1.00 bits per heavy atom. The first-order valence-corrected chi connectivity index (χ1v) is 7.96. The molecular formula is C18H31N. The topological polar surface area (TPSA) is 12.0 Å². The fraction of sp³-hybridized carbons (Fsp3) is 0.667. The van der Waals surface area contributed by atoms with Crippen LogP contribution in [-0.2, 0) is 0 Å². The third-order valence-electron chi connectivity index (χ3n) is 3.93. The van der Waals surface area contributed by atoms with Crippen LogP contribution in [0.4, 0.5) is 0 Å². The summed E-state index contributed by atoms with van der Waals surface area (Å²) in [7, 11) is 0. The molecule has 1 N–H and O–H groups in total. The average molecular weight is 261 g/mol. The van der Waals surface area contributed by atoms with Crippen LogP contribution in [0.5, 0.6) is 0 Å². The number of aryl methyl sites for hydroxylation is 1. The van der Waals surface area contributed by atoms with Crippen LogP contribution < -0.4 is 5.32 Å². The lowest BCUT2D eigenvalue weighted by Crippen LogP contribution is -2.29. The monoisotopic (exact) mass is 261 g/mol. The van der Waals surface area contributed by atoms with Crippen LogP contribution >= 0.6 is 0 Å². The van der Waals surface area contributed by atoms with Crippen molar-refractivity contribution in [3.8, 4) is 0 Å². The normalized spacial score (nSPS) is 14.3. The molecule has 0 aliphatic heterocycles. The van der Waals surface area contributed by atoms with Crippen LogP contribution in [0.1, 0.15) is 76.5 Å². The second kappa shape index (κ2) is 9.14. The van der Waals surface area contributed by atoms with Crippen LogP contribution in [-0.4, -0.2) is 6.04 Å². The highest BCUT2D eigenvalue weighted by atomic mass is 14.9. The van der Waals surface area contributed by atoms with Crippen molar-refractivity contribution in [2.75, 3.05) is 0 Å². The summed E-state index contributed by atoms with van der Waals surface area (Å²) in [6.07, 6.45) is 8.16. The largest absolute Gasteiger partial charge is 0.308 e. The third-order valence-corrected chi connectivity index (χ3v) is 3.93. The van der Waals surface area contributed by atoms with Crippen molar-refractivity contribution in [3.63, 3.8) is 0 Å². The van der Waals surface area contributed by atoms with Gasteiger partial charge in [-0.05, 0) is 38.3 Å². The molecule has 0 spiro atoms. The smallest absolute Gasteiger partial charge is 0.0296 e. The molecule has 0 saturated carbocycles. The first-order valence-electron chi connectivity index (χ1n) is 7.96. The Kier molecular flexibility index (Phi) is 7.81. The van der Waals surface area contributed by atoms with Crippen molar-refractivity contribution in [2.24, 2.45) is 0 Å². The van der Waals surface area contributed by atoms with Gasteiger partial charge in [0.25, 0.3) is 0 Å². The van der Waals surface area contributed by atoms with E-state index in [1.165, 1.54) is 49.7 Å². The fourth-order valence-electron chi connectivity index (χ4n) is 2.73. The van der Waals surface area contributed by atoms with Crippen molar-refractivity contribution >= 4 is 0 Å². The maximum absolute atomic E-state index is 3.73. The van der Waals surface area contributed by atoms with Crippen molar-refractivity contribution in [1.82, 2.24) is 5.32 Å². The van der Waals surface area contributed by atoms with Gasteiger partial charge in [0.2, 0.25) is 0 Å². The Labute approximate surface area is 119 Å². The van der Waals surface area contributed by atoms with Crippen LogP contribution in [0.3, 0.4) is 0 Å². The van der Waals surface area contributed by atoms with E-state index in [1.54, 1.807) is 0 Å². The van der Waals surface area contributed by atoms with Gasteiger partial charge in [-0.25, -0.2) is 0 Å². The molecule has 0 radical (unpaired) electrons. The molecule has 0 aliphatic rings. The Balaban J connectivity index is 2.28. The summed E-state index contributed by atoms with van der Waals surface area (Å²) in [4.78, 5) is 0. The quantitative estimate of drug-likeness (QED) is 0.587. The Hall–Kier alpha value is -0.820. The maximum atomic E-state index is 3.73. The maximum Gasteiger partial charge on any atom is 0.0296 e. The molecule has 1 aromatic carbocycles. The lowest BCUT2D eigenvalue weighted by Gasteiger charge is -2.21. The van der Waals surface area contributed by atoms with E-state index in [2.05, 4.69) is 57.3 Å². The van der Waals surface area contributed by atoms with E-state index in [0.29, 0.717) is 12.1 Å². The first-order chi connectivity index (χ1) is 9.15. The Morgan fingerprint density at radius 3 is 2.37 bits per heavy atom. The first kappa shape index (κ1) is 16.2. The predicted molar refractivity (Wildman–Crippen MR) is 85.6 cm³/mol. The van der Waals surface area contributed by atoms with E-state index in [0.717, 1.165) is 0 Å². The van der Waals surface area contributed by atoms with Gasteiger partial charge in [0.05, 0.1) is 0 Å². The third kappa shape index (κ3) is 6.24. The molecule has 0 fully saturated rings. The summed E-state index contributed by atoms with van der Waals surface area (Å²) >= 11 is 0. The highest BCUT2D eigenvalue weighted by Crippen LogP contribution is 2.18. The molecule has 0 heterocycles. The minimum absolute atomic E-state index is 0.451. The van der Waals surface area contributed by atoms with Crippen molar-refractivity contribution in [1.29, 1.82) is 0 Å². The molecule has 1 heteroatoms. The van der Waals surface area contributed by atoms with Gasteiger partial charge in [-0.2, -0.15) is 0 Å². The Morgan fingerprint density at radius 2 is 1.68 bits per heavy atom. The second-order valence-electron chi connectivity index (χ2n) is 5.85. The molecule has 0 aromatic heterocycles. The summed E-state index contributed by atoms with van der Waals surface area (Å²) in [6, 6.07) is 9.74. The molecular weight excluding hydrogens is 230 g/mol. The molecule has 0 aliphatic carbocycles. The predicted octanol–water partition coefficient (Wildman–Crippen LogP) is 5.39. The molecule has 0 bridgehead atoms. The van der Waals surface area contributed by atoms with Crippen molar-refractivity contribution in [3.05, 3.63) is 35.4 Å². The van der Waals surface area contributed by atoms with E-state index in [4.69, 9.17) is 0 Å². The number of hydrogen-bond acceptors (Lipinski definition) is 1. The second-order valence-corrected chi connectivity index (χ2v) is 5.85. The Bertz CT molecular complexity index is 345. The number of nitrogens with one attached hydrogen (secondary N) is 1. The molecule has 0 amide bonds. The van der Waals surface area contributed by atoms with E-state index < -0.39 is 0 Å². The zero-order valence-electron chi connectivity index (χ0n) is 13.2. The highest BCUT2D eigenvalue weighted by molar-refractivity contribution is 5.28. The van der Waals surface area contributed by atoms with Gasteiger partial charge in [0.1, 0.15) is 0 Å². The highest BCUT2D eigenvalue weighted by Gasteiger charge is 2.10. The van der Waals surface area contributed by atoms with Gasteiger partial charge in [-0.15, -0.1) is 0 Å². The van der Waals surface area contributed by atoms with Gasteiger partial charge in [-0.3, -0.25) is 0 Å². The molecule has 19 heavy (non-hydrogen) atoms. The van der Waals surface area contributed by atoms with Gasteiger partial charge in [-0.1, -0.05) is 63.3 Å². The number of benzene rings is 1. The summed E-state index contributed by atoms with van der Waals surface area (Å²) < 4.78 is 0. The number of unbranched alkanes of at least 4 members (excludes halogenated alkanes) is 4. The fourth-order valence-corrected chi connectivity index (χ4v) is 2.73.